The molecule has 0 radical (unpaired) electrons. The van der Waals surface area contributed by atoms with Gasteiger partial charge in [-0.25, -0.2) is 0 Å². The molecule has 17 heavy (non-hydrogen) atoms. The van der Waals surface area contributed by atoms with E-state index in [1.54, 1.807) is 12.1 Å². The number of ether oxygens (including phenoxy) is 1. The smallest absolute Gasteiger partial charge is 0.276 e. The van der Waals surface area contributed by atoms with Crippen molar-refractivity contribution in [3.8, 4) is 0 Å². The Bertz CT molecular complexity index is 439. The lowest BCUT2D eigenvalue weighted by atomic mass is 9.97. The molecule has 5 nitrogen and oxygen atoms in total. The number of nitro benzene ring substituents is 1. The zero-order chi connectivity index (χ0) is 12.4. The molecule has 1 aliphatic heterocycles. The molecule has 0 bridgehead atoms. The van der Waals surface area contributed by atoms with E-state index in [0.29, 0.717) is 23.1 Å². The lowest BCUT2D eigenvalue weighted by Gasteiger charge is -2.27. The molecule has 0 saturated carbocycles. The molecule has 1 aromatic rings. The minimum absolute atomic E-state index is 0.0528. The lowest BCUT2D eigenvalue weighted by molar-refractivity contribution is -0.386. The fourth-order valence-corrected chi connectivity index (χ4v) is 2.34. The van der Waals surface area contributed by atoms with Crippen LogP contribution in [0, 0.1) is 10.1 Å². The van der Waals surface area contributed by atoms with Crippen LogP contribution in [0.5, 0.6) is 0 Å². The van der Waals surface area contributed by atoms with Crippen LogP contribution in [-0.4, -0.2) is 17.6 Å². The molecule has 0 amide bonds. The number of hydrogen-bond acceptors (Lipinski definition) is 4. The van der Waals surface area contributed by atoms with Gasteiger partial charge in [0.05, 0.1) is 16.6 Å². The number of rotatable bonds is 2. The zero-order valence-corrected chi connectivity index (χ0v) is 10.7. The summed E-state index contributed by atoms with van der Waals surface area (Å²) in [6, 6.07) is 5.06. The van der Waals surface area contributed by atoms with E-state index in [0.717, 1.165) is 6.42 Å². The molecule has 2 atom stereocenters. The largest absolute Gasteiger partial charge is 0.373 e. The summed E-state index contributed by atoms with van der Waals surface area (Å²) in [7, 11) is 0. The Kier molecular flexibility index (Phi) is 3.76. The number of hydrogen-bond donors (Lipinski definition) is 1. The predicted octanol–water partition coefficient (Wildman–Crippen LogP) is 2.54. The van der Waals surface area contributed by atoms with Gasteiger partial charge in [-0.1, -0.05) is 15.9 Å². The summed E-state index contributed by atoms with van der Waals surface area (Å²) in [5, 5.41) is 11.0. The maximum atomic E-state index is 11.0. The van der Waals surface area contributed by atoms with Crippen molar-refractivity contribution in [3.05, 3.63) is 38.3 Å². The average Bonchev–Trinajstić information content (AvgIpc) is 2.28. The van der Waals surface area contributed by atoms with Gasteiger partial charge in [0, 0.05) is 23.2 Å². The summed E-state index contributed by atoms with van der Waals surface area (Å²) in [6.07, 6.45) is 1.16. The van der Waals surface area contributed by atoms with E-state index in [4.69, 9.17) is 10.5 Å². The van der Waals surface area contributed by atoms with Crippen molar-refractivity contribution in [2.75, 3.05) is 6.61 Å². The van der Waals surface area contributed by atoms with Crippen LogP contribution < -0.4 is 5.73 Å². The molecule has 6 heteroatoms. The third-order valence-electron chi connectivity index (χ3n) is 2.86. The first-order valence-electron chi connectivity index (χ1n) is 5.39. The number of nitrogens with two attached hydrogens (primary N) is 1. The molecule has 92 valence electrons. The fraction of sp³-hybridized carbons (Fsp3) is 0.455. The third kappa shape index (κ3) is 2.83. The van der Waals surface area contributed by atoms with Gasteiger partial charge in [-0.05, 0) is 25.0 Å². The van der Waals surface area contributed by atoms with Crippen LogP contribution in [0.15, 0.2) is 22.7 Å². The number of nitro groups is 1. The molecule has 0 aliphatic carbocycles. The molecule has 1 fully saturated rings. The van der Waals surface area contributed by atoms with Gasteiger partial charge in [-0.3, -0.25) is 10.1 Å². The summed E-state index contributed by atoms with van der Waals surface area (Å²) in [5.41, 5.74) is 6.55. The highest BCUT2D eigenvalue weighted by Gasteiger charge is 2.27. The minimum atomic E-state index is -0.385. The first kappa shape index (κ1) is 12.5. The van der Waals surface area contributed by atoms with Gasteiger partial charge >= 0.3 is 0 Å². The third-order valence-corrected chi connectivity index (χ3v) is 3.35. The molecule has 1 aliphatic rings. The Morgan fingerprint density at radius 2 is 2.29 bits per heavy atom. The predicted molar refractivity (Wildman–Crippen MR) is 66.7 cm³/mol. The van der Waals surface area contributed by atoms with E-state index >= 15 is 0 Å². The zero-order valence-electron chi connectivity index (χ0n) is 9.14. The average molecular weight is 301 g/mol. The Morgan fingerprint density at radius 3 is 2.94 bits per heavy atom. The van der Waals surface area contributed by atoms with Crippen LogP contribution >= 0.6 is 15.9 Å². The second-order valence-electron chi connectivity index (χ2n) is 4.10. The van der Waals surface area contributed by atoms with Crippen molar-refractivity contribution < 1.29 is 9.66 Å². The Hall–Kier alpha value is -0.980. The first-order valence-corrected chi connectivity index (χ1v) is 6.18. The number of benzene rings is 1. The van der Waals surface area contributed by atoms with Crippen LogP contribution in [0.4, 0.5) is 5.69 Å². The van der Waals surface area contributed by atoms with Crippen molar-refractivity contribution >= 4 is 21.6 Å². The molecular formula is C11H13BrN2O3. The highest BCUT2D eigenvalue weighted by molar-refractivity contribution is 9.10. The van der Waals surface area contributed by atoms with Gasteiger partial charge in [0.1, 0.15) is 0 Å². The quantitative estimate of drug-likeness (QED) is 0.672. The van der Waals surface area contributed by atoms with Crippen molar-refractivity contribution in [1.82, 2.24) is 0 Å². The van der Waals surface area contributed by atoms with Gasteiger partial charge in [0.25, 0.3) is 5.69 Å². The van der Waals surface area contributed by atoms with Crippen LogP contribution in [0.25, 0.3) is 0 Å². The molecule has 0 aromatic heterocycles. The highest BCUT2D eigenvalue weighted by Crippen LogP contribution is 2.35. The van der Waals surface area contributed by atoms with Crippen molar-refractivity contribution in [2.24, 2.45) is 5.73 Å². The standard InChI is InChI=1S/C11H13BrN2O3/c12-7-1-2-9(10(5-7)14(15)16)11-6-8(13)3-4-17-11/h1-2,5,8,11H,3-4,6,13H2. The Labute approximate surface area is 107 Å². The Balaban J connectivity index is 2.33. The molecule has 1 saturated heterocycles. The van der Waals surface area contributed by atoms with Crippen molar-refractivity contribution in [2.45, 2.75) is 25.0 Å². The van der Waals surface area contributed by atoms with E-state index in [2.05, 4.69) is 15.9 Å². The van der Waals surface area contributed by atoms with E-state index < -0.39 is 0 Å². The highest BCUT2D eigenvalue weighted by atomic mass is 79.9. The fourth-order valence-electron chi connectivity index (χ4n) is 1.99. The molecule has 2 N–H and O–H groups in total. The number of halogens is 1. The normalized spacial score (nSPS) is 24.6. The Morgan fingerprint density at radius 1 is 1.53 bits per heavy atom. The van der Waals surface area contributed by atoms with E-state index in [1.807, 2.05) is 0 Å². The van der Waals surface area contributed by atoms with E-state index in [1.165, 1.54) is 6.07 Å². The summed E-state index contributed by atoms with van der Waals surface area (Å²) < 4.78 is 6.25. The molecule has 2 unspecified atom stereocenters. The second-order valence-corrected chi connectivity index (χ2v) is 5.02. The topological polar surface area (TPSA) is 78.4 Å². The first-order chi connectivity index (χ1) is 8.08. The molecule has 1 heterocycles. The minimum Gasteiger partial charge on any atom is -0.373 e. The van der Waals surface area contributed by atoms with E-state index in [-0.39, 0.29) is 22.8 Å². The molecular weight excluding hydrogens is 288 g/mol. The SMILES string of the molecule is NC1CCOC(c2ccc(Br)cc2[N+](=O)[O-])C1. The summed E-state index contributed by atoms with van der Waals surface area (Å²) >= 11 is 3.23. The van der Waals surface area contributed by atoms with Gasteiger partial charge in [-0.2, -0.15) is 0 Å². The van der Waals surface area contributed by atoms with Crippen molar-refractivity contribution in [1.29, 1.82) is 0 Å². The maximum absolute atomic E-state index is 11.0. The van der Waals surface area contributed by atoms with Crippen LogP contribution in [0.1, 0.15) is 24.5 Å². The molecule has 1 aromatic carbocycles. The molecule has 2 rings (SSSR count). The van der Waals surface area contributed by atoms with Crippen molar-refractivity contribution in [3.63, 3.8) is 0 Å². The maximum Gasteiger partial charge on any atom is 0.276 e. The van der Waals surface area contributed by atoms with E-state index in [9.17, 15) is 10.1 Å². The second kappa shape index (κ2) is 5.12. The molecule has 0 spiro atoms. The summed E-state index contributed by atoms with van der Waals surface area (Å²) in [4.78, 5) is 10.6. The van der Waals surface area contributed by atoms with Crippen LogP contribution in [-0.2, 0) is 4.74 Å². The van der Waals surface area contributed by atoms with Gasteiger partial charge in [0.15, 0.2) is 0 Å². The lowest BCUT2D eigenvalue weighted by Crippen LogP contribution is -2.30. The van der Waals surface area contributed by atoms with Gasteiger partial charge < -0.3 is 10.5 Å². The monoisotopic (exact) mass is 300 g/mol. The number of nitrogens with zero attached hydrogens (tertiary/aromatic N) is 1. The summed E-state index contributed by atoms with van der Waals surface area (Å²) in [6.45, 7) is 0.555. The van der Waals surface area contributed by atoms with Crippen LogP contribution in [0.2, 0.25) is 0 Å². The van der Waals surface area contributed by atoms with Gasteiger partial charge in [0.2, 0.25) is 0 Å². The van der Waals surface area contributed by atoms with Gasteiger partial charge in [-0.15, -0.1) is 0 Å². The summed E-state index contributed by atoms with van der Waals surface area (Å²) in [5.74, 6) is 0. The van der Waals surface area contributed by atoms with Crippen LogP contribution in [0.3, 0.4) is 0 Å².